The molecule has 0 amide bonds. The topological polar surface area (TPSA) is 78.6 Å². The Kier molecular flexibility index (Phi) is 5.85. The molecule has 3 rings (SSSR count). The van der Waals surface area contributed by atoms with E-state index in [-0.39, 0.29) is 12.2 Å². The minimum Gasteiger partial charge on any atom is -0.390 e. The molecule has 0 aliphatic carbocycles. The molecular weight excluding hydrogens is 375 g/mol. The van der Waals surface area contributed by atoms with E-state index < -0.39 is 28.5 Å². The highest BCUT2D eigenvalue weighted by atomic mass is 19.4. The molecule has 0 radical (unpaired) electrons. The van der Waals surface area contributed by atoms with E-state index in [2.05, 4.69) is 16.3 Å². The summed E-state index contributed by atoms with van der Waals surface area (Å²) >= 11 is 0. The van der Waals surface area contributed by atoms with Crippen LogP contribution in [0.3, 0.4) is 0 Å². The van der Waals surface area contributed by atoms with Gasteiger partial charge in [-0.1, -0.05) is 24.3 Å². The summed E-state index contributed by atoms with van der Waals surface area (Å²) < 4.78 is 39.1. The fourth-order valence-corrected chi connectivity index (χ4v) is 3.34. The number of halogens is 3. The van der Waals surface area contributed by atoms with Gasteiger partial charge in [-0.2, -0.15) is 13.2 Å². The average Bonchev–Trinajstić information content (AvgIpc) is 2.65. The molecule has 0 spiro atoms. The van der Waals surface area contributed by atoms with Gasteiger partial charge in [0.05, 0.1) is 11.0 Å². The summed E-state index contributed by atoms with van der Waals surface area (Å²) in [6, 6.07) is 10.8. The smallest absolute Gasteiger partial charge is 0.390 e. The molecule has 1 atom stereocenters. The number of aliphatic hydroxyl groups excluding tert-OH is 1. The van der Waals surface area contributed by atoms with Gasteiger partial charge in [0.25, 0.3) is 5.69 Å². The fraction of sp³-hybridized carbons (Fsp3) is 0.368. The number of fused-ring (bicyclic) bond motifs is 1. The monoisotopic (exact) mass is 395 g/mol. The third-order valence-corrected chi connectivity index (χ3v) is 4.72. The molecule has 2 aromatic rings. The van der Waals surface area contributed by atoms with Crippen molar-refractivity contribution in [1.29, 1.82) is 0 Å². The van der Waals surface area contributed by atoms with Crippen molar-refractivity contribution in [1.82, 2.24) is 4.90 Å². The van der Waals surface area contributed by atoms with E-state index in [4.69, 9.17) is 0 Å². The van der Waals surface area contributed by atoms with E-state index in [0.717, 1.165) is 19.0 Å². The largest absolute Gasteiger partial charge is 0.423 e. The van der Waals surface area contributed by atoms with Gasteiger partial charge < -0.3 is 10.4 Å². The van der Waals surface area contributed by atoms with Crippen LogP contribution in [0.4, 0.5) is 24.5 Å². The lowest BCUT2D eigenvalue weighted by Gasteiger charge is -2.30. The lowest BCUT2D eigenvalue weighted by atomic mass is 10.00. The number of aliphatic hydroxyl groups is 1. The molecule has 150 valence electrons. The first-order chi connectivity index (χ1) is 13.2. The van der Waals surface area contributed by atoms with Crippen LogP contribution in [0.25, 0.3) is 0 Å². The van der Waals surface area contributed by atoms with Crippen LogP contribution in [-0.2, 0) is 19.1 Å². The maximum Gasteiger partial charge on any atom is 0.423 e. The summed E-state index contributed by atoms with van der Waals surface area (Å²) in [6.07, 6.45) is -4.75. The number of anilines is 1. The first-order valence-corrected chi connectivity index (χ1v) is 8.81. The van der Waals surface area contributed by atoms with Crippen LogP contribution in [0.5, 0.6) is 0 Å². The van der Waals surface area contributed by atoms with Crippen molar-refractivity contribution in [3.63, 3.8) is 0 Å². The number of alkyl halides is 3. The van der Waals surface area contributed by atoms with Gasteiger partial charge in [-0.25, -0.2) is 0 Å². The Balaban J connectivity index is 1.59. The predicted molar refractivity (Wildman–Crippen MR) is 98.0 cm³/mol. The van der Waals surface area contributed by atoms with Crippen molar-refractivity contribution >= 4 is 11.4 Å². The van der Waals surface area contributed by atoms with Crippen LogP contribution >= 0.6 is 0 Å². The molecule has 0 saturated carbocycles. The minimum atomic E-state index is -4.83. The molecule has 0 bridgehead atoms. The second kappa shape index (κ2) is 8.15. The molecule has 1 unspecified atom stereocenters. The van der Waals surface area contributed by atoms with E-state index in [1.54, 1.807) is 0 Å². The first-order valence-electron chi connectivity index (χ1n) is 8.81. The Hall–Kier alpha value is -2.65. The maximum absolute atomic E-state index is 13.0. The highest BCUT2D eigenvalue weighted by molar-refractivity contribution is 5.55. The van der Waals surface area contributed by atoms with Crippen LogP contribution in [0.2, 0.25) is 0 Å². The van der Waals surface area contributed by atoms with Crippen molar-refractivity contribution < 1.29 is 23.2 Å². The van der Waals surface area contributed by atoms with Gasteiger partial charge in [0, 0.05) is 37.9 Å². The Morgan fingerprint density at radius 2 is 1.93 bits per heavy atom. The van der Waals surface area contributed by atoms with Crippen molar-refractivity contribution in [3.05, 3.63) is 69.3 Å². The highest BCUT2D eigenvalue weighted by Crippen LogP contribution is 2.37. The van der Waals surface area contributed by atoms with E-state index >= 15 is 0 Å². The van der Waals surface area contributed by atoms with Crippen LogP contribution in [0.1, 0.15) is 16.7 Å². The van der Waals surface area contributed by atoms with Crippen molar-refractivity contribution in [3.8, 4) is 0 Å². The Bertz CT molecular complexity index is 858. The molecular formula is C19H20F3N3O3. The molecule has 0 saturated heterocycles. The quantitative estimate of drug-likeness (QED) is 0.579. The van der Waals surface area contributed by atoms with Gasteiger partial charge in [-0.3, -0.25) is 15.0 Å². The normalized spacial score (nSPS) is 15.7. The van der Waals surface area contributed by atoms with Gasteiger partial charge in [-0.15, -0.1) is 0 Å². The maximum atomic E-state index is 13.0. The molecule has 1 heterocycles. The third-order valence-electron chi connectivity index (χ3n) is 4.72. The van der Waals surface area contributed by atoms with Crippen molar-refractivity contribution in [2.45, 2.75) is 25.2 Å². The number of nitro benzene ring substituents is 1. The van der Waals surface area contributed by atoms with E-state index in [0.29, 0.717) is 19.2 Å². The number of hydrogen-bond acceptors (Lipinski definition) is 5. The molecule has 1 aliphatic rings. The molecule has 28 heavy (non-hydrogen) atoms. The highest BCUT2D eigenvalue weighted by Gasteiger charge is 2.38. The van der Waals surface area contributed by atoms with Crippen molar-refractivity contribution in [2.24, 2.45) is 0 Å². The van der Waals surface area contributed by atoms with Crippen molar-refractivity contribution in [2.75, 3.05) is 25.0 Å². The number of nitrogens with zero attached hydrogens (tertiary/aromatic N) is 2. The summed E-state index contributed by atoms with van der Waals surface area (Å²) in [5, 5.41) is 23.8. The van der Waals surface area contributed by atoms with Gasteiger partial charge in [-0.05, 0) is 29.7 Å². The van der Waals surface area contributed by atoms with E-state index in [9.17, 15) is 28.4 Å². The van der Waals surface area contributed by atoms with Crippen LogP contribution in [0.15, 0.2) is 42.5 Å². The second-order valence-corrected chi connectivity index (χ2v) is 6.78. The van der Waals surface area contributed by atoms with Gasteiger partial charge >= 0.3 is 6.18 Å². The number of nitro groups is 1. The van der Waals surface area contributed by atoms with Crippen LogP contribution in [-0.4, -0.2) is 40.7 Å². The van der Waals surface area contributed by atoms with E-state index in [1.165, 1.54) is 17.2 Å². The number of rotatable bonds is 6. The van der Waals surface area contributed by atoms with Gasteiger partial charge in [0.1, 0.15) is 5.56 Å². The molecule has 2 N–H and O–H groups in total. The predicted octanol–water partition coefficient (Wildman–Crippen LogP) is 3.44. The van der Waals surface area contributed by atoms with E-state index in [1.807, 2.05) is 18.2 Å². The zero-order valence-corrected chi connectivity index (χ0v) is 14.9. The Morgan fingerprint density at radius 3 is 2.61 bits per heavy atom. The molecule has 0 aromatic heterocycles. The zero-order chi connectivity index (χ0) is 20.3. The first kappa shape index (κ1) is 20.1. The summed E-state index contributed by atoms with van der Waals surface area (Å²) in [5.74, 6) is 0. The molecule has 2 aromatic carbocycles. The summed E-state index contributed by atoms with van der Waals surface area (Å²) in [7, 11) is 0. The summed E-state index contributed by atoms with van der Waals surface area (Å²) in [4.78, 5) is 11.8. The standard InChI is InChI=1S/C19H20F3N3O3/c20-19(21,22)17-9-15(5-6-18(17)25(27)28)23-10-16(26)12-24-8-7-13-3-1-2-4-14(13)11-24/h1-6,9,16,23,26H,7-8,10-12H2. The van der Waals surface area contributed by atoms with Crippen LogP contribution in [0, 0.1) is 10.1 Å². The van der Waals surface area contributed by atoms with Gasteiger partial charge in [0.2, 0.25) is 0 Å². The molecule has 1 aliphatic heterocycles. The Morgan fingerprint density at radius 1 is 1.21 bits per heavy atom. The SMILES string of the molecule is O=[N+]([O-])c1ccc(NCC(O)CN2CCc3ccccc3C2)cc1C(F)(F)F. The van der Waals surface area contributed by atoms with Crippen LogP contribution < -0.4 is 5.32 Å². The summed E-state index contributed by atoms with van der Waals surface area (Å²) in [5.41, 5.74) is 0.257. The third kappa shape index (κ3) is 4.79. The fourth-order valence-electron chi connectivity index (χ4n) is 3.34. The van der Waals surface area contributed by atoms with Gasteiger partial charge in [0.15, 0.2) is 0 Å². The average molecular weight is 395 g/mol. The number of β-amino-alcohol motifs (C(OH)–C–C–N with tert-alkyl or cyclic N) is 1. The minimum absolute atomic E-state index is 0.0350. The number of hydrogen-bond donors (Lipinski definition) is 2. The molecule has 9 heteroatoms. The lowest BCUT2D eigenvalue weighted by molar-refractivity contribution is -0.388. The zero-order valence-electron chi connectivity index (χ0n) is 14.9. The second-order valence-electron chi connectivity index (χ2n) is 6.78. The lowest BCUT2D eigenvalue weighted by Crippen LogP contribution is -2.39. The molecule has 0 fully saturated rings. The Labute approximate surface area is 159 Å². The number of nitrogens with one attached hydrogen (secondary N) is 1. The number of benzene rings is 2. The molecule has 6 nitrogen and oxygen atoms in total. The summed E-state index contributed by atoms with van der Waals surface area (Å²) in [6.45, 7) is 1.92.